The van der Waals surface area contributed by atoms with Crippen LogP contribution in [0.25, 0.3) is 11.0 Å². The highest BCUT2D eigenvalue weighted by Crippen LogP contribution is 2.35. The summed E-state index contributed by atoms with van der Waals surface area (Å²) >= 11 is 5.56. The van der Waals surface area contributed by atoms with Gasteiger partial charge in [0.2, 0.25) is 5.88 Å². The van der Waals surface area contributed by atoms with Gasteiger partial charge in [-0.25, -0.2) is 14.4 Å². The van der Waals surface area contributed by atoms with Gasteiger partial charge in [0.15, 0.2) is 5.78 Å². The number of alkyl halides is 3. The van der Waals surface area contributed by atoms with Crippen LogP contribution in [0, 0.1) is 5.82 Å². The van der Waals surface area contributed by atoms with E-state index >= 15 is 0 Å². The first-order chi connectivity index (χ1) is 16.6. The zero-order valence-electron chi connectivity index (χ0n) is 17.8. The molecular weight excluding hydrogens is 490 g/mol. The fourth-order valence-electron chi connectivity index (χ4n) is 3.25. The number of benzene rings is 3. The Kier molecular flexibility index (Phi) is 6.40. The zero-order chi connectivity index (χ0) is 25.3. The number of ether oxygens (including phenoxy) is 1. The second-order valence-electron chi connectivity index (χ2n) is 7.29. The first-order valence-electron chi connectivity index (χ1n) is 9.90. The van der Waals surface area contributed by atoms with E-state index in [0.29, 0.717) is 17.1 Å². The number of hydrogen-bond acceptors (Lipinski definition) is 5. The molecular formula is C24H14ClF4N3O3. The molecule has 0 aliphatic rings. The summed E-state index contributed by atoms with van der Waals surface area (Å²) < 4.78 is 58.9. The van der Waals surface area contributed by atoms with E-state index in [1.54, 1.807) is 6.07 Å². The van der Waals surface area contributed by atoms with Crippen molar-refractivity contribution < 1.29 is 31.9 Å². The number of carbonyl (C=O) groups is 2. The number of rotatable bonds is 5. The van der Waals surface area contributed by atoms with Gasteiger partial charge >= 0.3 is 6.18 Å². The van der Waals surface area contributed by atoms with Crippen molar-refractivity contribution in [1.29, 1.82) is 0 Å². The van der Waals surface area contributed by atoms with Gasteiger partial charge < -0.3 is 10.1 Å². The van der Waals surface area contributed by atoms with Crippen LogP contribution in [-0.2, 0) is 6.18 Å². The van der Waals surface area contributed by atoms with Gasteiger partial charge in [0.1, 0.15) is 5.82 Å². The van der Waals surface area contributed by atoms with Crippen LogP contribution in [0.4, 0.5) is 23.2 Å². The average Bonchev–Trinajstić information content (AvgIpc) is 2.82. The van der Waals surface area contributed by atoms with Crippen LogP contribution >= 0.6 is 11.6 Å². The lowest BCUT2D eigenvalue weighted by atomic mass is 10.0. The minimum Gasteiger partial charge on any atom is -0.480 e. The minimum atomic E-state index is -4.75. The van der Waals surface area contributed by atoms with Gasteiger partial charge in [-0.2, -0.15) is 13.2 Å². The van der Waals surface area contributed by atoms with E-state index in [1.165, 1.54) is 31.5 Å². The van der Waals surface area contributed by atoms with Crippen LogP contribution in [0.15, 0.2) is 60.8 Å². The van der Waals surface area contributed by atoms with Crippen molar-refractivity contribution in [2.45, 2.75) is 6.18 Å². The van der Waals surface area contributed by atoms with Gasteiger partial charge in [0, 0.05) is 16.8 Å². The summed E-state index contributed by atoms with van der Waals surface area (Å²) in [5.74, 6) is -2.24. The molecule has 0 aliphatic heterocycles. The van der Waals surface area contributed by atoms with Crippen molar-refractivity contribution in [3.8, 4) is 5.88 Å². The number of carbonyl (C=O) groups excluding carboxylic acids is 2. The van der Waals surface area contributed by atoms with Gasteiger partial charge in [-0.15, -0.1) is 0 Å². The van der Waals surface area contributed by atoms with Crippen LogP contribution in [0.2, 0.25) is 5.02 Å². The highest BCUT2D eigenvalue weighted by molar-refractivity contribution is 6.31. The maximum atomic E-state index is 14.8. The van der Waals surface area contributed by atoms with Crippen LogP contribution < -0.4 is 10.1 Å². The molecule has 1 aromatic heterocycles. The van der Waals surface area contributed by atoms with Gasteiger partial charge in [0.25, 0.3) is 5.91 Å². The third kappa shape index (κ3) is 5.07. The summed E-state index contributed by atoms with van der Waals surface area (Å²) in [5, 5.41) is 1.75. The van der Waals surface area contributed by atoms with Crippen LogP contribution in [0.1, 0.15) is 31.8 Å². The summed E-state index contributed by atoms with van der Waals surface area (Å²) in [7, 11) is 1.42. The molecule has 178 valence electrons. The van der Waals surface area contributed by atoms with Crippen molar-refractivity contribution in [1.82, 2.24) is 9.97 Å². The molecule has 0 radical (unpaired) electrons. The summed E-state index contributed by atoms with van der Waals surface area (Å²) in [4.78, 5) is 33.6. The zero-order valence-corrected chi connectivity index (χ0v) is 18.5. The van der Waals surface area contributed by atoms with Gasteiger partial charge in [-0.3, -0.25) is 9.59 Å². The van der Waals surface area contributed by atoms with Crippen molar-refractivity contribution >= 4 is 40.0 Å². The van der Waals surface area contributed by atoms with Crippen molar-refractivity contribution in [3.05, 3.63) is 93.9 Å². The number of hydrogen-bond donors (Lipinski definition) is 1. The lowest BCUT2D eigenvalue weighted by Crippen LogP contribution is -2.15. The quantitative estimate of drug-likeness (QED) is 0.269. The molecule has 0 saturated carbocycles. The van der Waals surface area contributed by atoms with Gasteiger partial charge in [0.05, 0.1) is 40.5 Å². The minimum absolute atomic E-state index is 0.0540. The molecule has 0 saturated heterocycles. The lowest BCUT2D eigenvalue weighted by Gasteiger charge is -2.12. The highest BCUT2D eigenvalue weighted by atomic mass is 35.5. The number of anilines is 1. The number of nitrogens with one attached hydrogen (secondary N) is 1. The topological polar surface area (TPSA) is 81.2 Å². The third-order valence-corrected chi connectivity index (χ3v) is 5.33. The molecule has 3 aromatic carbocycles. The molecule has 0 aliphatic carbocycles. The fourth-order valence-corrected chi connectivity index (χ4v) is 3.48. The average molecular weight is 504 g/mol. The molecule has 1 N–H and O–H groups in total. The summed E-state index contributed by atoms with van der Waals surface area (Å²) in [5.41, 5.74) is -0.786. The SMILES string of the molecule is COc1cnc2ccc(C(=O)c3ccc(NC(=O)c4ccc(Cl)c(C(F)(F)F)c4)cc3F)cc2n1. The number of fused-ring (bicyclic) bond motifs is 1. The fraction of sp³-hybridized carbons (Fsp3) is 0.0833. The Morgan fingerprint density at radius 1 is 0.971 bits per heavy atom. The highest BCUT2D eigenvalue weighted by Gasteiger charge is 2.33. The predicted octanol–water partition coefficient (Wildman–Crippen LogP) is 5.93. The Labute approximate surface area is 200 Å². The first-order valence-corrected chi connectivity index (χ1v) is 10.3. The van der Waals surface area contributed by atoms with E-state index in [2.05, 4.69) is 15.3 Å². The van der Waals surface area contributed by atoms with Crippen molar-refractivity contribution in [2.75, 3.05) is 12.4 Å². The first kappa shape index (κ1) is 24.1. The maximum Gasteiger partial charge on any atom is 0.417 e. The Balaban J connectivity index is 1.57. The number of halogens is 5. The van der Waals surface area contributed by atoms with Crippen LogP contribution in [0.3, 0.4) is 0 Å². The monoisotopic (exact) mass is 503 g/mol. The van der Waals surface area contributed by atoms with Gasteiger partial charge in [-0.1, -0.05) is 11.6 Å². The number of ketones is 1. The van der Waals surface area contributed by atoms with Crippen molar-refractivity contribution in [2.24, 2.45) is 0 Å². The molecule has 0 atom stereocenters. The number of nitrogens with zero attached hydrogens (tertiary/aromatic N) is 2. The molecule has 0 unspecified atom stereocenters. The van der Waals surface area contributed by atoms with Crippen LogP contribution in [-0.4, -0.2) is 28.8 Å². The normalized spacial score (nSPS) is 11.4. The molecule has 35 heavy (non-hydrogen) atoms. The molecule has 6 nitrogen and oxygen atoms in total. The van der Waals surface area contributed by atoms with E-state index in [9.17, 15) is 27.2 Å². The van der Waals surface area contributed by atoms with E-state index in [-0.39, 0.29) is 28.3 Å². The summed E-state index contributed by atoms with van der Waals surface area (Å²) in [6.07, 6.45) is -3.33. The summed E-state index contributed by atoms with van der Waals surface area (Å²) in [6.45, 7) is 0. The Hall–Kier alpha value is -4.05. The molecule has 4 aromatic rings. The molecule has 11 heteroatoms. The Bertz CT molecular complexity index is 1470. The summed E-state index contributed by atoms with van der Waals surface area (Å²) in [6, 6.07) is 10.5. The Morgan fingerprint density at radius 3 is 2.40 bits per heavy atom. The number of aromatic nitrogens is 2. The maximum absolute atomic E-state index is 14.8. The lowest BCUT2D eigenvalue weighted by molar-refractivity contribution is -0.137. The van der Waals surface area contributed by atoms with E-state index in [1.807, 2.05) is 0 Å². The number of methoxy groups -OCH3 is 1. The van der Waals surface area contributed by atoms with Crippen molar-refractivity contribution in [3.63, 3.8) is 0 Å². The van der Waals surface area contributed by atoms with E-state index < -0.39 is 34.3 Å². The Morgan fingerprint density at radius 2 is 1.71 bits per heavy atom. The second kappa shape index (κ2) is 9.30. The second-order valence-corrected chi connectivity index (χ2v) is 7.69. The number of amides is 1. The molecule has 1 heterocycles. The molecule has 0 spiro atoms. The predicted molar refractivity (Wildman–Crippen MR) is 120 cm³/mol. The van der Waals surface area contributed by atoms with Gasteiger partial charge in [-0.05, 0) is 54.6 Å². The third-order valence-electron chi connectivity index (χ3n) is 5.00. The largest absolute Gasteiger partial charge is 0.480 e. The smallest absolute Gasteiger partial charge is 0.417 e. The molecule has 4 rings (SSSR count). The molecule has 0 fully saturated rings. The van der Waals surface area contributed by atoms with E-state index in [0.717, 1.165) is 24.3 Å². The van der Waals surface area contributed by atoms with E-state index in [4.69, 9.17) is 16.3 Å². The molecule has 0 bridgehead atoms. The molecule has 1 amide bonds. The standard InChI is InChI=1S/C24H14ClF4N3O3/c1-35-21-11-30-19-7-3-12(9-20(19)32-21)22(33)15-5-4-14(10-18(15)26)31-23(34)13-2-6-17(25)16(8-13)24(27,28)29/h2-11H,1H3,(H,31,34). The van der Waals surface area contributed by atoms with Crippen LogP contribution in [0.5, 0.6) is 5.88 Å².